The van der Waals surface area contributed by atoms with Crippen LogP contribution in [0.5, 0.6) is 0 Å². The van der Waals surface area contributed by atoms with E-state index in [9.17, 15) is 4.79 Å². The Kier molecular flexibility index (Phi) is 2.41. The van der Waals surface area contributed by atoms with Gasteiger partial charge in [0.2, 0.25) is 0 Å². The Morgan fingerprint density at radius 3 is 2.42 bits per heavy atom. The first-order valence-corrected chi connectivity index (χ1v) is 4.58. The molecular weight excluding hydrogens is 148 g/mol. The summed E-state index contributed by atoms with van der Waals surface area (Å²) in [5.74, 6) is 1.00. The molecule has 1 nitrogen and oxygen atoms in total. The fraction of sp³-hybridized carbons (Fsp3) is 0.727. The molecule has 0 radical (unpaired) electrons. The van der Waals surface area contributed by atoms with Crippen LogP contribution in [0, 0.1) is 11.3 Å². The van der Waals surface area contributed by atoms with Gasteiger partial charge in [0, 0.05) is 12.8 Å². The second-order valence-corrected chi connectivity index (χ2v) is 4.77. The van der Waals surface area contributed by atoms with Gasteiger partial charge < -0.3 is 0 Å². The van der Waals surface area contributed by atoms with E-state index in [1.807, 2.05) is 6.92 Å². The molecule has 0 aliphatic heterocycles. The normalized spacial score (nSPS) is 25.1. The lowest BCUT2D eigenvalue weighted by atomic mass is 10.0. The third-order valence-electron chi connectivity index (χ3n) is 2.69. The molecule has 1 saturated carbocycles. The van der Waals surface area contributed by atoms with Gasteiger partial charge in [-0.05, 0) is 24.7 Å². The lowest BCUT2D eigenvalue weighted by molar-refractivity contribution is -0.118. The van der Waals surface area contributed by atoms with Gasteiger partial charge in [0.05, 0.1) is 0 Å². The molecule has 1 aliphatic rings. The first kappa shape index (κ1) is 9.50. The predicted octanol–water partition coefficient (Wildman–Crippen LogP) is 2.96. The van der Waals surface area contributed by atoms with E-state index in [0.29, 0.717) is 23.5 Å². The van der Waals surface area contributed by atoms with Crippen molar-refractivity contribution in [3.05, 3.63) is 12.2 Å². The van der Waals surface area contributed by atoms with Gasteiger partial charge in [-0.3, -0.25) is 4.79 Å². The highest BCUT2D eigenvalue weighted by molar-refractivity contribution is 5.81. The maximum absolute atomic E-state index is 11.3. The van der Waals surface area contributed by atoms with E-state index in [1.54, 1.807) is 0 Å². The number of Topliss-reactive ketones (excluding diaryl/α,β-unsaturated/α-hetero) is 1. The van der Waals surface area contributed by atoms with Crippen molar-refractivity contribution in [3.8, 4) is 0 Å². The van der Waals surface area contributed by atoms with Crippen LogP contribution in [0.25, 0.3) is 0 Å². The fourth-order valence-electron chi connectivity index (χ4n) is 1.61. The van der Waals surface area contributed by atoms with Gasteiger partial charge in [-0.25, -0.2) is 0 Å². The summed E-state index contributed by atoms with van der Waals surface area (Å²) in [6.07, 6.45) is 2.56. The van der Waals surface area contributed by atoms with Gasteiger partial charge in [-0.1, -0.05) is 26.0 Å². The number of carbonyl (C=O) groups is 1. The van der Waals surface area contributed by atoms with Crippen molar-refractivity contribution in [3.63, 3.8) is 0 Å². The monoisotopic (exact) mass is 166 g/mol. The van der Waals surface area contributed by atoms with Crippen molar-refractivity contribution in [1.29, 1.82) is 0 Å². The highest BCUT2D eigenvalue weighted by atomic mass is 16.1. The smallest absolute Gasteiger partial charge is 0.137 e. The van der Waals surface area contributed by atoms with E-state index in [4.69, 9.17) is 0 Å². The average molecular weight is 166 g/mol. The molecule has 0 aromatic heterocycles. The molecule has 1 aliphatic carbocycles. The van der Waals surface area contributed by atoms with Crippen molar-refractivity contribution < 1.29 is 4.79 Å². The van der Waals surface area contributed by atoms with E-state index < -0.39 is 0 Å². The number of hydrogen-bond acceptors (Lipinski definition) is 1. The summed E-state index contributed by atoms with van der Waals surface area (Å²) in [6.45, 7) is 10.1. The summed E-state index contributed by atoms with van der Waals surface area (Å²) in [4.78, 5) is 11.3. The summed E-state index contributed by atoms with van der Waals surface area (Å²) in [7, 11) is 0. The van der Waals surface area contributed by atoms with E-state index >= 15 is 0 Å². The second kappa shape index (κ2) is 3.04. The molecule has 0 bridgehead atoms. The van der Waals surface area contributed by atoms with E-state index in [1.165, 1.54) is 6.42 Å². The molecule has 0 spiro atoms. The van der Waals surface area contributed by atoms with Crippen LogP contribution in [0.2, 0.25) is 0 Å². The topological polar surface area (TPSA) is 17.1 Å². The summed E-state index contributed by atoms with van der Waals surface area (Å²) in [6, 6.07) is 0. The van der Waals surface area contributed by atoms with E-state index in [-0.39, 0.29) is 0 Å². The standard InChI is InChI=1S/C11H18O/c1-8(2)5-10(12)6-9-7-11(9,3)4/h9H,1,5-7H2,2-4H3. The van der Waals surface area contributed by atoms with Crippen LogP contribution in [0.15, 0.2) is 12.2 Å². The molecule has 68 valence electrons. The molecule has 1 fully saturated rings. The van der Waals surface area contributed by atoms with E-state index in [2.05, 4.69) is 20.4 Å². The second-order valence-electron chi connectivity index (χ2n) is 4.77. The number of rotatable bonds is 4. The summed E-state index contributed by atoms with van der Waals surface area (Å²) in [5.41, 5.74) is 1.42. The summed E-state index contributed by atoms with van der Waals surface area (Å²) in [5, 5.41) is 0. The summed E-state index contributed by atoms with van der Waals surface area (Å²) < 4.78 is 0. The van der Waals surface area contributed by atoms with Crippen LogP contribution in [0.1, 0.15) is 40.0 Å². The maximum atomic E-state index is 11.3. The number of ketones is 1. The van der Waals surface area contributed by atoms with Crippen LogP contribution in [-0.2, 0) is 4.79 Å². The molecule has 0 saturated heterocycles. The summed E-state index contributed by atoms with van der Waals surface area (Å²) >= 11 is 0. The number of allylic oxidation sites excluding steroid dienone is 1. The molecule has 0 aromatic rings. The zero-order chi connectivity index (χ0) is 9.35. The molecular formula is C11H18O. The van der Waals surface area contributed by atoms with Gasteiger partial charge in [-0.15, -0.1) is 0 Å². The van der Waals surface area contributed by atoms with Crippen molar-refractivity contribution in [2.75, 3.05) is 0 Å². The number of hydrogen-bond donors (Lipinski definition) is 0. The molecule has 0 heterocycles. The molecule has 0 N–H and O–H groups in total. The van der Waals surface area contributed by atoms with Crippen molar-refractivity contribution in [2.45, 2.75) is 40.0 Å². The molecule has 0 aromatic carbocycles. The third-order valence-corrected chi connectivity index (χ3v) is 2.69. The minimum Gasteiger partial charge on any atom is -0.299 e. The predicted molar refractivity (Wildman–Crippen MR) is 50.9 cm³/mol. The first-order chi connectivity index (χ1) is 5.42. The Labute approximate surface area is 74.9 Å². The molecule has 0 amide bonds. The highest BCUT2D eigenvalue weighted by Gasteiger charge is 2.45. The zero-order valence-corrected chi connectivity index (χ0v) is 8.31. The lowest BCUT2D eigenvalue weighted by Gasteiger charge is -2.02. The van der Waals surface area contributed by atoms with Crippen LogP contribution < -0.4 is 0 Å². The van der Waals surface area contributed by atoms with Crippen molar-refractivity contribution >= 4 is 5.78 Å². The van der Waals surface area contributed by atoms with Gasteiger partial charge in [0.1, 0.15) is 5.78 Å². The highest BCUT2D eigenvalue weighted by Crippen LogP contribution is 2.53. The Bertz CT molecular complexity index is 213. The van der Waals surface area contributed by atoms with Crippen molar-refractivity contribution in [1.82, 2.24) is 0 Å². The average Bonchev–Trinajstić information content (AvgIpc) is 2.35. The molecule has 1 rings (SSSR count). The quantitative estimate of drug-likeness (QED) is 0.587. The zero-order valence-electron chi connectivity index (χ0n) is 8.31. The van der Waals surface area contributed by atoms with Gasteiger partial charge in [0.25, 0.3) is 0 Å². The molecule has 1 atom stereocenters. The van der Waals surface area contributed by atoms with Crippen LogP contribution in [-0.4, -0.2) is 5.78 Å². The molecule has 1 unspecified atom stereocenters. The van der Waals surface area contributed by atoms with Gasteiger partial charge in [0.15, 0.2) is 0 Å². The number of carbonyl (C=O) groups excluding carboxylic acids is 1. The van der Waals surface area contributed by atoms with Gasteiger partial charge >= 0.3 is 0 Å². The van der Waals surface area contributed by atoms with Crippen LogP contribution in [0.4, 0.5) is 0 Å². The minimum atomic E-state index is 0.359. The molecule has 12 heavy (non-hydrogen) atoms. The molecule has 1 heteroatoms. The Hall–Kier alpha value is -0.590. The SMILES string of the molecule is C=C(C)CC(=O)CC1CC1(C)C. The maximum Gasteiger partial charge on any atom is 0.137 e. The Balaban J connectivity index is 2.25. The van der Waals surface area contributed by atoms with Crippen LogP contribution >= 0.6 is 0 Å². The lowest BCUT2D eigenvalue weighted by Crippen LogP contribution is -2.02. The van der Waals surface area contributed by atoms with E-state index in [0.717, 1.165) is 12.0 Å². The largest absolute Gasteiger partial charge is 0.299 e. The van der Waals surface area contributed by atoms with Crippen molar-refractivity contribution in [2.24, 2.45) is 11.3 Å². The Morgan fingerprint density at radius 2 is 2.08 bits per heavy atom. The van der Waals surface area contributed by atoms with Gasteiger partial charge in [-0.2, -0.15) is 0 Å². The van der Waals surface area contributed by atoms with Crippen LogP contribution in [0.3, 0.4) is 0 Å². The fourth-order valence-corrected chi connectivity index (χ4v) is 1.61. The third kappa shape index (κ3) is 2.47. The Morgan fingerprint density at radius 1 is 1.58 bits per heavy atom. The first-order valence-electron chi connectivity index (χ1n) is 4.58. The minimum absolute atomic E-state index is 0.359.